The molecule has 0 aromatic heterocycles. The van der Waals surface area contributed by atoms with Crippen LogP contribution in [-0.4, -0.2) is 8.07 Å². The van der Waals surface area contributed by atoms with E-state index in [9.17, 15) is 0 Å². The van der Waals surface area contributed by atoms with E-state index in [0.29, 0.717) is 0 Å². The topological polar surface area (TPSA) is 0 Å². The normalized spacial score (nSPS) is 13.9. The van der Waals surface area contributed by atoms with Crippen molar-refractivity contribution in [1.29, 1.82) is 0 Å². The van der Waals surface area contributed by atoms with E-state index in [-0.39, 0.29) is 0 Å². The van der Waals surface area contributed by atoms with Gasteiger partial charge in [0.05, 0.1) is 0 Å². The summed E-state index contributed by atoms with van der Waals surface area (Å²) in [6, 6.07) is 37.9. The van der Waals surface area contributed by atoms with Crippen LogP contribution in [0.25, 0.3) is 11.1 Å². The minimum absolute atomic E-state index is 1.14. The molecule has 0 bridgehead atoms. The van der Waals surface area contributed by atoms with Crippen molar-refractivity contribution in [2.24, 2.45) is 0 Å². The minimum Gasteiger partial charge on any atom is -0.0623 e. The van der Waals surface area contributed by atoms with Crippen LogP contribution in [0.15, 0.2) is 108 Å². The van der Waals surface area contributed by atoms with E-state index < -0.39 is 8.07 Å². The van der Waals surface area contributed by atoms with Gasteiger partial charge in [-0.05, 0) is 44.0 Å². The van der Waals surface area contributed by atoms with Gasteiger partial charge in [-0.25, -0.2) is 0 Å². The molecule has 0 spiro atoms. The van der Waals surface area contributed by atoms with Gasteiger partial charge < -0.3 is 0 Å². The summed E-state index contributed by atoms with van der Waals surface area (Å²) in [5.41, 5.74) is 2.75. The molecule has 0 saturated carbocycles. The zero-order valence-corrected chi connectivity index (χ0v) is 16.8. The first-order chi connectivity index (χ1) is 12.8. The second-order valence-electron chi connectivity index (χ2n) is 6.72. The third-order valence-corrected chi connectivity index (χ3v) is 10.8. The molecule has 0 atom stereocenters. The standard InChI is InChI=1S/C24H17BrSi/c25-18-15-16-24-22(17-18)21-13-7-8-14-23(21)26(24,19-9-3-1-4-10-19)20-11-5-2-6-12-20/h1-17H. The molecule has 5 rings (SSSR count). The van der Waals surface area contributed by atoms with Crippen molar-refractivity contribution in [3.8, 4) is 11.1 Å². The maximum absolute atomic E-state index is 3.68. The first-order valence-electron chi connectivity index (χ1n) is 8.83. The molecule has 0 fully saturated rings. The lowest BCUT2D eigenvalue weighted by molar-refractivity contribution is 1.66. The summed E-state index contributed by atoms with van der Waals surface area (Å²) >= 11 is 3.68. The maximum atomic E-state index is 3.68. The summed E-state index contributed by atoms with van der Waals surface area (Å²) in [6.07, 6.45) is 0. The van der Waals surface area contributed by atoms with Crippen LogP contribution in [-0.2, 0) is 0 Å². The summed E-state index contributed by atoms with van der Waals surface area (Å²) in [5.74, 6) is 0. The third-order valence-electron chi connectivity index (χ3n) is 5.42. The van der Waals surface area contributed by atoms with Gasteiger partial charge in [-0.3, -0.25) is 0 Å². The van der Waals surface area contributed by atoms with Crippen LogP contribution in [0.3, 0.4) is 0 Å². The molecule has 4 aromatic carbocycles. The summed E-state index contributed by atoms with van der Waals surface area (Å²) in [6.45, 7) is 0. The largest absolute Gasteiger partial charge is 0.180 e. The van der Waals surface area contributed by atoms with Gasteiger partial charge in [0.15, 0.2) is 8.07 Å². The molecule has 0 N–H and O–H groups in total. The number of benzene rings is 4. The van der Waals surface area contributed by atoms with E-state index in [0.717, 1.165) is 4.47 Å². The molecule has 4 aromatic rings. The monoisotopic (exact) mass is 412 g/mol. The molecule has 0 aliphatic carbocycles. The van der Waals surface area contributed by atoms with E-state index in [1.807, 2.05) is 0 Å². The molecule has 1 heterocycles. The Morgan fingerprint density at radius 1 is 0.500 bits per heavy atom. The first kappa shape index (κ1) is 15.8. The molecule has 26 heavy (non-hydrogen) atoms. The molecule has 0 nitrogen and oxygen atoms in total. The molecule has 124 valence electrons. The van der Waals surface area contributed by atoms with Gasteiger partial charge in [0, 0.05) is 4.47 Å². The van der Waals surface area contributed by atoms with Gasteiger partial charge in [-0.15, -0.1) is 0 Å². The molecular weight excluding hydrogens is 396 g/mol. The fraction of sp³-hybridized carbons (Fsp3) is 0. The highest BCUT2D eigenvalue weighted by atomic mass is 79.9. The summed E-state index contributed by atoms with van der Waals surface area (Å²) in [4.78, 5) is 0. The average molecular weight is 413 g/mol. The van der Waals surface area contributed by atoms with Gasteiger partial charge in [-0.1, -0.05) is 107 Å². The highest BCUT2D eigenvalue weighted by molar-refractivity contribution is 9.10. The Kier molecular flexibility index (Phi) is 3.70. The zero-order valence-electron chi connectivity index (χ0n) is 14.2. The Labute approximate surface area is 163 Å². The number of halogens is 1. The highest BCUT2D eigenvalue weighted by Crippen LogP contribution is 2.30. The van der Waals surface area contributed by atoms with Crippen LogP contribution in [0.1, 0.15) is 0 Å². The van der Waals surface area contributed by atoms with Gasteiger partial charge in [0.1, 0.15) is 0 Å². The molecule has 0 radical (unpaired) electrons. The molecular formula is C24H17BrSi. The predicted octanol–water partition coefficient (Wildman–Crippen LogP) is 3.81. The lowest BCUT2D eigenvalue weighted by Crippen LogP contribution is -2.72. The van der Waals surface area contributed by atoms with Crippen LogP contribution in [0, 0.1) is 0 Å². The van der Waals surface area contributed by atoms with Crippen molar-refractivity contribution in [3.63, 3.8) is 0 Å². The maximum Gasteiger partial charge on any atom is 0.180 e. The smallest absolute Gasteiger partial charge is 0.0623 e. The van der Waals surface area contributed by atoms with E-state index in [2.05, 4.69) is 119 Å². The van der Waals surface area contributed by atoms with Gasteiger partial charge in [0.2, 0.25) is 0 Å². The van der Waals surface area contributed by atoms with Crippen molar-refractivity contribution in [2.75, 3.05) is 0 Å². The molecule has 2 heteroatoms. The van der Waals surface area contributed by atoms with E-state index >= 15 is 0 Å². The molecule has 1 aliphatic heterocycles. The van der Waals surface area contributed by atoms with Crippen molar-refractivity contribution in [2.45, 2.75) is 0 Å². The zero-order chi connectivity index (χ0) is 17.6. The van der Waals surface area contributed by atoms with Crippen LogP contribution >= 0.6 is 15.9 Å². The Morgan fingerprint density at radius 3 is 1.69 bits per heavy atom. The van der Waals surface area contributed by atoms with E-state index in [1.165, 1.54) is 31.9 Å². The summed E-state index contributed by atoms with van der Waals surface area (Å²) in [5, 5.41) is 5.87. The van der Waals surface area contributed by atoms with Crippen LogP contribution in [0.2, 0.25) is 0 Å². The number of fused-ring (bicyclic) bond motifs is 3. The lowest BCUT2D eigenvalue weighted by atomic mass is 10.1. The fourth-order valence-corrected chi connectivity index (χ4v) is 9.95. The second-order valence-corrected chi connectivity index (χ2v) is 11.4. The predicted molar refractivity (Wildman–Crippen MR) is 117 cm³/mol. The van der Waals surface area contributed by atoms with Gasteiger partial charge in [0.25, 0.3) is 0 Å². The average Bonchev–Trinajstić information content (AvgIpc) is 3.00. The molecule has 1 aliphatic rings. The van der Waals surface area contributed by atoms with Crippen molar-refractivity contribution >= 4 is 44.8 Å². The molecule has 0 saturated heterocycles. The Hall–Kier alpha value is -2.42. The quantitative estimate of drug-likeness (QED) is 0.386. The van der Waals surface area contributed by atoms with Crippen molar-refractivity contribution < 1.29 is 0 Å². The Bertz CT molecular complexity index is 1050. The Balaban J connectivity index is 1.98. The van der Waals surface area contributed by atoms with E-state index in [1.54, 1.807) is 0 Å². The fourth-order valence-electron chi connectivity index (χ4n) is 4.42. The van der Waals surface area contributed by atoms with Gasteiger partial charge in [-0.2, -0.15) is 0 Å². The molecule has 0 unspecified atom stereocenters. The van der Waals surface area contributed by atoms with Crippen LogP contribution < -0.4 is 20.7 Å². The van der Waals surface area contributed by atoms with Crippen LogP contribution in [0.5, 0.6) is 0 Å². The van der Waals surface area contributed by atoms with Crippen molar-refractivity contribution in [1.82, 2.24) is 0 Å². The van der Waals surface area contributed by atoms with Crippen molar-refractivity contribution in [3.05, 3.63) is 108 Å². The number of rotatable bonds is 2. The lowest BCUT2D eigenvalue weighted by Gasteiger charge is -2.31. The van der Waals surface area contributed by atoms with E-state index in [4.69, 9.17) is 0 Å². The third kappa shape index (κ3) is 2.12. The first-order valence-corrected chi connectivity index (χ1v) is 11.6. The molecule has 0 amide bonds. The second kappa shape index (κ2) is 6.08. The Morgan fingerprint density at radius 2 is 1.04 bits per heavy atom. The number of hydrogen-bond acceptors (Lipinski definition) is 0. The number of hydrogen-bond donors (Lipinski definition) is 0. The van der Waals surface area contributed by atoms with Gasteiger partial charge >= 0.3 is 0 Å². The summed E-state index contributed by atoms with van der Waals surface area (Å²) in [7, 11) is -2.27. The summed E-state index contributed by atoms with van der Waals surface area (Å²) < 4.78 is 1.14. The minimum atomic E-state index is -2.27. The highest BCUT2D eigenvalue weighted by Gasteiger charge is 2.48. The SMILES string of the molecule is Brc1ccc2c(c1)-c1ccccc1[Si]2(c1ccccc1)c1ccccc1. The van der Waals surface area contributed by atoms with Crippen LogP contribution in [0.4, 0.5) is 0 Å².